The Morgan fingerprint density at radius 1 is 1.44 bits per heavy atom. The second-order valence-electron chi connectivity index (χ2n) is 5.18. The minimum atomic E-state index is -0.791. The molecule has 1 atom stereocenters. The van der Waals surface area contributed by atoms with Gasteiger partial charge in [-0.1, -0.05) is 6.92 Å². The van der Waals surface area contributed by atoms with E-state index in [0.717, 1.165) is 25.7 Å². The molecule has 4 heteroatoms. The topological polar surface area (TPSA) is 75.3 Å². The van der Waals surface area contributed by atoms with Crippen molar-refractivity contribution >= 4 is 5.91 Å². The van der Waals surface area contributed by atoms with Crippen molar-refractivity contribution in [2.45, 2.75) is 57.6 Å². The summed E-state index contributed by atoms with van der Waals surface area (Å²) in [6.07, 6.45) is 4.26. The molecule has 4 N–H and O–H groups in total. The number of nitrogens with one attached hydrogen (secondary N) is 1. The molecule has 4 nitrogen and oxygen atoms in total. The van der Waals surface area contributed by atoms with Gasteiger partial charge in [-0.3, -0.25) is 4.79 Å². The van der Waals surface area contributed by atoms with Crippen LogP contribution < -0.4 is 11.1 Å². The number of nitrogens with two attached hydrogens (primary N) is 1. The number of amides is 1. The third-order valence-corrected chi connectivity index (χ3v) is 3.55. The van der Waals surface area contributed by atoms with Gasteiger partial charge in [0.1, 0.15) is 0 Å². The summed E-state index contributed by atoms with van der Waals surface area (Å²) >= 11 is 0. The number of carbonyl (C=O) groups excluding carboxylic acids is 1. The Balaban J connectivity index is 2.30. The standard InChI is InChI=1S/C12H24N2O2/c1-3-12(2,16)8-14-11(15)9-4-6-10(13)7-5-9/h9-10,16H,3-8,13H2,1-2H3,(H,14,15). The first-order chi connectivity index (χ1) is 7.44. The monoisotopic (exact) mass is 228 g/mol. The molecule has 1 aliphatic carbocycles. The van der Waals surface area contributed by atoms with Crippen molar-refractivity contribution < 1.29 is 9.90 Å². The Bertz CT molecular complexity index is 233. The maximum Gasteiger partial charge on any atom is 0.223 e. The molecule has 0 saturated heterocycles. The van der Waals surface area contributed by atoms with E-state index >= 15 is 0 Å². The molecule has 1 amide bonds. The molecule has 0 aromatic rings. The van der Waals surface area contributed by atoms with Gasteiger partial charge in [-0.2, -0.15) is 0 Å². The van der Waals surface area contributed by atoms with Crippen LogP contribution in [0.5, 0.6) is 0 Å². The van der Waals surface area contributed by atoms with Crippen LogP contribution in [0.3, 0.4) is 0 Å². The van der Waals surface area contributed by atoms with Crippen LogP contribution in [0.2, 0.25) is 0 Å². The summed E-state index contributed by atoms with van der Waals surface area (Å²) in [5, 5.41) is 12.6. The minimum absolute atomic E-state index is 0.0700. The van der Waals surface area contributed by atoms with Gasteiger partial charge < -0.3 is 16.2 Å². The maximum atomic E-state index is 11.8. The number of aliphatic hydroxyl groups is 1. The summed E-state index contributed by atoms with van der Waals surface area (Å²) in [4.78, 5) is 11.8. The van der Waals surface area contributed by atoms with Gasteiger partial charge in [-0.05, 0) is 39.0 Å². The number of rotatable bonds is 4. The molecule has 0 spiro atoms. The summed E-state index contributed by atoms with van der Waals surface area (Å²) in [5.74, 6) is 0.160. The fourth-order valence-electron chi connectivity index (χ4n) is 1.93. The van der Waals surface area contributed by atoms with Gasteiger partial charge in [-0.25, -0.2) is 0 Å². The van der Waals surface area contributed by atoms with E-state index in [-0.39, 0.29) is 17.9 Å². The van der Waals surface area contributed by atoms with E-state index in [4.69, 9.17) is 5.73 Å². The van der Waals surface area contributed by atoms with Crippen LogP contribution in [-0.2, 0) is 4.79 Å². The molecule has 94 valence electrons. The average Bonchev–Trinajstić information content (AvgIpc) is 2.27. The Morgan fingerprint density at radius 3 is 2.50 bits per heavy atom. The van der Waals surface area contributed by atoms with Gasteiger partial charge >= 0.3 is 0 Å². The Hall–Kier alpha value is -0.610. The summed E-state index contributed by atoms with van der Waals surface area (Å²) in [6, 6.07) is 0.266. The van der Waals surface area contributed by atoms with E-state index in [0.29, 0.717) is 13.0 Å². The highest BCUT2D eigenvalue weighted by molar-refractivity contribution is 5.78. The van der Waals surface area contributed by atoms with E-state index < -0.39 is 5.60 Å². The smallest absolute Gasteiger partial charge is 0.223 e. The molecule has 1 rings (SSSR count). The molecule has 0 aromatic heterocycles. The Kier molecular flexibility index (Phi) is 4.74. The molecule has 0 heterocycles. The third kappa shape index (κ3) is 4.10. The lowest BCUT2D eigenvalue weighted by Gasteiger charge is -2.27. The highest BCUT2D eigenvalue weighted by Gasteiger charge is 2.26. The molecule has 1 fully saturated rings. The molecule has 1 saturated carbocycles. The van der Waals surface area contributed by atoms with Crippen LogP contribution in [0.15, 0.2) is 0 Å². The predicted molar refractivity (Wildman–Crippen MR) is 63.9 cm³/mol. The van der Waals surface area contributed by atoms with Crippen molar-refractivity contribution in [2.24, 2.45) is 11.7 Å². The highest BCUT2D eigenvalue weighted by atomic mass is 16.3. The molecule has 0 bridgehead atoms. The molecule has 1 unspecified atom stereocenters. The van der Waals surface area contributed by atoms with E-state index in [2.05, 4.69) is 5.32 Å². The van der Waals surface area contributed by atoms with E-state index in [1.807, 2.05) is 6.92 Å². The molecule has 0 aliphatic heterocycles. The van der Waals surface area contributed by atoms with E-state index in [9.17, 15) is 9.90 Å². The van der Waals surface area contributed by atoms with Gasteiger partial charge in [0.15, 0.2) is 0 Å². The Morgan fingerprint density at radius 2 is 2.00 bits per heavy atom. The zero-order valence-electron chi connectivity index (χ0n) is 10.3. The number of carbonyl (C=O) groups is 1. The van der Waals surface area contributed by atoms with Crippen LogP contribution in [0, 0.1) is 5.92 Å². The fourth-order valence-corrected chi connectivity index (χ4v) is 1.93. The minimum Gasteiger partial charge on any atom is -0.388 e. The molecule has 0 aromatic carbocycles. The SMILES string of the molecule is CCC(C)(O)CNC(=O)C1CCC(N)CC1. The van der Waals surface area contributed by atoms with Crippen LogP contribution >= 0.6 is 0 Å². The number of hydrogen-bond acceptors (Lipinski definition) is 3. The molecule has 16 heavy (non-hydrogen) atoms. The fraction of sp³-hybridized carbons (Fsp3) is 0.917. The van der Waals surface area contributed by atoms with Crippen molar-refractivity contribution in [1.29, 1.82) is 0 Å². The third-order valence-electron chi connectivity index (χ3n) is 3.55. The molecule has 1 aliphatic rings. The van der Waals surface area contributed by atoms with Crippen LogP contribution in [0.25, 0.3) is 0 Å². The number of hydrogen-bond donors (Lipinski definition) is 3. The summed E-state index contributed by atoms with van der Waals surface area (Å²) in [7, 11) is 0. The second-order valence-corrected chi connectivity index (χ2v) is 5.18. The lowest BCUT2D eigenvalue weighted by Crippen LogP contribution is -2.43. The van der Waals surface area contributed by atoms with E-state index in [1.165, 1.54) is 0 Å². The first-order valence-electron chi connectivity index (χ1n) is 6.20. The van der Waals surface area contributed by atoms with Crippen molar-refractivity contribution in [3.63, 3.8) is 0 Å². The van der Waals surface area contributed by atoms with Crippen LogP contribution in [0.4, 0.5) is 0 Å². The first kappa shape index (κ1) is 13.5. The quantitative estimate of drug-likeness (QED) is 0.665. The van der Waals surface area contributed by atoms with Gasteiger partial charge in [-0.15, -0.1) is 0 Å². The van der Waals surface area contributed by atoms with Crippen molar-refractivity contribution in [2.75, 3.05) is 6.54 Å². The average molecular weight is 228 g/mol. The van der Waals surface area contributed by atoms with Crippen molar-refractivity contribution in [3.05, 3.63) is 0 Å². The van der Waals surface area contributed by atoms with Crippen molar-refractivity contribution in [3.8, 4) is 0 Å². The molecular weight excluding hydrogens is 204 g/mol. The predicted octanol–water partition coefficient (Wildman–Crippen LogP) is 0.781. The summed E-state index contributed by atoms with van der Waals surface area (Å²) in [5.41, 5.74) is 5.00. The van der Waals surface area contributed by atoms with Gasteiger partial charge in [0.25, 0.3) is 0 Å². The van der Waals surface area contributed by atoms with Crippen LogP contribution in [-0.4, -0.2) is 29.2 Å². The van der Waals surface area contributed by atoms with Gasteiger partial charge in [0, 0.05) is 18.5 Å². The summed E-state index contributed by atoms with van der Waals surface area (Å²) < 4.78 is 0. The zero-order valence-corrected chi connectivity index (χ0v) is 10.3. The maximum absolute atomic E-state index is 11.8. The highest BCUT2D eigenvalue weighted by Crippen LogP contribution is 2.23. The Labute approximate surface area is 97.6 Å². The van der Waals surface area contributed by atoms with Crippen LogP contribution in [0.1, 0.15) is 46.0 Å². The van der Waals surface area contributed by atoms with E-state index in [1.54, 1.807) is 6.92 Å². The lowest BCUT2D eigenvalue weighted by molar-refractivity contribution is -0.127. The van der Waals surface area contributed by atoms with Crippen molar-refractivity contribution in [1.82, 2.24) is 5.32 Å². The normalized spacial score (nSPS) is 29.5. The largest absolute Gasteiger partial charge is 0.388 e. The first-order valence-corrected chi connectivity index (χ1v) is 6.20. The van der Waals surface area contributed by atoms with Gasteiger partial charge in [0.2, 0.25) is 5.91 Å². The summed E-state index contributed by atoms with van der Waals surface area (Å²) in [6.45, 7) is 3.99. The molecule has 0 radical (unpaired) electrons. The zero-order chi connectivity index (χ0) is 12.2. The molecular formula is C12H24N2O2. The lowest BCUT2D eigenvalue weighted by atomic mass is 9.86. The second kappa shape index (κ2) is 5.64. The van der Waals surface area contributed by atoms with Gasteiger partial charge in [0.05, 0.1) is 5.60 Å².